The fourth-order valence-electron chi connectivity index (χ4n) is 1.31. The van der Waals surface area contributed by atoms with Gasteiger partial charge < -0.3 is 0 Å². The maximum atomic E-state index is 11.6. The molecular weight excluding hydrogens is 214 g/mol. The normalized spacial score (nSPS) is 11.3. The van der Waals surface area contributed by atoms with Crippen LogP contribution in [0.4, 0.5) is 0 Å². The second-order valence-electron chi connectivity index (χ2n) is 3.21. The molecule has 0 bridgehead atoms. The number of hydrogen-bond donors (Lipinski definition) is 1. The van der Waals surface area contributed by atoms with Crippen molar-refractivity contribution in [3.05, 3.63) is 29.8 Å². The van der Waals surface area contributed by atoms with E-state index in [9.17, 15) is 13.2 Å². The van der Waals surface area contributed by atoms with Crippen molar-refractivity contribution in [2.24, 2.45) is 5.14 Å². The van der Waals surface area contributed by atoms with E-state index in [1.165, 1.54) is 12.1 Å². The number of sulfonamides is 1. The van der Waals surface area contributed by atoms with Crippen molar-refractivity contribution in [3.63, 3.8) is 0 Å². The first-order chi connectivity index (χ1) is 6.96. The van der Waals surface area contributed by atoms with Gasteiger partial charge in [0.2, 0.25) is 10.0 Å². The Morgan fingerprint density at radius 1 is 1.33 bits per heavy atom. The summed E-state index contributed by atoms with van der Waals surface area (Å²) in [6.07, 6.45) is 1.00. The van der Waals surface area contributed by atoms with Gasteiger partial charge in [-0.25, -0.2) is 13.6 Å². The minimum atomic E-state index is -3.82. The minimum absolute atomic E-state index is 0.0940. The number of Topliss-reactive ketones (excluding diaryl/α,β-unsaturated/α-hetero) is 1. The van der Waals surface area contributed by atoms with Crippen molar-refractivity contribution in [2.75, 3.05) is 0 Å². The van der Waals surface area contributed by atoms with Crippen LogP contribution < -0.4 is 5.14 Å². The molecule has 1 aromatic carbocycles. The third-order valence-corrected chi connectivity index (χ3v) is 2.94. The standard InChI is InChI=1S/C10H13NO3S/c1-2-5-9(12)8-6-3-4-7-10(8)15(11,13)14/h3-4,6-7H,2,5H2,1H3,(H2,11,13,14). The lowest BCUT2D eigenvalue weighted by atomic mass is 10.1. The van der Waals surface area contributed by atoms with Gasteiger partial charge in [-0.3, -0.25) is 4.79 Å². The van der Waals surface area contributed by atoms with Crippen LogP contribution in [0.3, 0.4) is 0 Å². The summed E-state index contributed by atoms with van der Waals surface area (Å²) in [5.74, 6) is -0.192. The molecule has 0 fully saturated rings. The summed E-state index contributed by atoms with van der Waals surface area (Å²) in [5.41, 5.74) is 0.182. The molecule has 0 unspecified atom stereocenters. The Morgan fingerprint density at radius 3 is 2.47 bits per heavy atom. The highest BCUT2D eigenvalue weighted by Gasteiger charge is 2.17. The third kappa shape index (κ3) is 2.87. The zero-order valence-electron chi connectivity index (χ0n) is 8.43. The summed E-state index contributed by atoms with van der Waals surface area (Å²) in [6, 6.07) is 6.00. The molecule has 0 aliphatic rings. The van der Waals surface area contributed by atoms with E-state index in [1.54, 1.807) is 12.1 Å². The number of nitrogens with two attached hydrogens (primary N) is 1. The highest BCUT2D eigenvalue weighted by molar-refractivity contribution is 7.89. The average Bonchev–Trinajstić information content (AvgIpc) is 2.17. The SMILES string of the molecule is CCCC(=O)c1ccccc1S(N)(=O)=O. The van der Waals surface area contributed by atoms with Crippen LogP contribution in [0.2, 0.25) is 0 Å². The molecule has 2 N–H and O–H groups in total. The van der Waals surface area contributed by atoms with Crippen molar-refractivity contribution in [2.45, 2.75) is 24.7 Å². The van der Waals surface area contributed by atoms with E-state index < -0.39 is 10.0 Å². The summed E-state index contributed by atoms with van der Waals surface area (Å²) in [6.45, 7) is 1.86. The second kappa shape index (κ2) is 4.55. The van der Waals surface area contributed by atoms with Gasteiger partial charge in [-0.05, 0) is 12.5 Å². The third-order valence-electron chi connectivity index (χ3n) is 1.97. The number of primary sulfonamides is 1. The van der Waals surface area contributed by atoms with Crippen LogP contribution in [0.25, 0.3) is 0 Å². The van der Waals surface area contributed by atoms with Gasteiger partial charge in [0.1, 0.15) is 0 Å². The summed E-state index contributed by atoms with van der Waals surface area (Å²) >= 11 is 0. The number of ketones is 1. The summed E-state index contributed by atoms with van der Waals surface area (Å²) in [4.78, 5) is 11.5. The Kier molecular flexibility index (Phi) is 3.60. The number of carbonyl (C=O) groups is 1. The van der Waals surface area contributed by atoms with E-state index in [2.05, 4.69) is 0 Å². The molecule has 5 heteroatoms. The van der Waals surface area contributed by atoms with E-state index >= 15 is 0 Å². The van der Waals surface area contributed by atoms with Crippen LogP contribution in [0.1, 0.15) is 30.1 Å². The molecule has 1 rings (SSSR count). The van der Waals surface area contributed by atoms with Crippen LogP contribution in [0.5, 0.6) is 0 Å². The Morgan fingerprint density at radius 2 is 1.93 bits per heavy atom. The van der Waals surface area contributed by atoms with E-state index in [0.717, 1.165) is 0 Å². The molecule has 0 spiro atoms. The lowest BCUT2D eigenvalue weighted by molar-refractivity contribution is 0.0978. The molecule has 0 saturated carbocycles. The average molecular weight is 227 g/mol. The first-order valence-electron chi connectivity index (χ1n) is 4.62. The number of benzene rings is 1. The van der Waals surface area contributed by atoms with Crippen molar-refractivity contribution in [1.29, 1.82) is 0 Å². The van der Waals surface area contributed by atoms with Crippen molar-refractivity contribution in [3.8, 4) is 0 Å². The Balaban J connectivity index is 3.25. The zero-order valence-corrected chi connectivity index (χ0v) is 9.25. The van der Waals surface area contributed by atoms with Gasteiger partial charge in [-0.1, -0.05) is 25.1 Å². The fourth-order valence-corrected chi connectivity index (χ4v) is 2.06. The molecule has 0 aliphatic heterocycles. The largest absolute Gasteiger partial charge is 0.294 e. The Hall–Kier alpha value is -1.20. The van der Waals surface area contributed by atoms with Crippen molar-refractivity contribution < 1.29 is 13.2 Å². The van der Waals surface area contributed by atoms with Crippen molar-refractivity contribution in [1.82, 2.24) is 0 Å². The molecule has 82 valence electrons. The van der Waals surface area contributed by atoms with E-state index in [-0.39, 0.29) is 16.2 Å². The van der Waals surface area contributed by atoms with E-state index in [4.69, 9.17) is 5.14 Å². The molecule has 15 heavy (non-hydrogen) atoms. The zero-order chi connectivity index (χ0) is 11.5. The van der Waals surface area contributed by atoms with Gasteiger partial charge >= 0.3 is 0 Å². The van der Waals surface area contributed by atoms with Gasteiger partial charge in [-0.2, -0.15) is 0 Å². The molecule has 0 amide bonds. The lowest BCUT2D eigenvalue weighted by Gasteiger charge is -2.05. The smallest absolute Gasteiger partial charge is 0.238 e. The monoisotopic (exact) mass is 227 g/mol. The number of rotatable bonds is 4. The van der Waals surface area contributed by atoms with Gasteiger partial charge in [0.15, 0.2) is 5.78 Å². The second-order valence-corrected chi connectivity index (χ2v) is 4.74. The molecule has 0 heterocycles. The number of hydrogen-bond acceptors (Lipinski definition) is 3. The number of carbonyl (C=O) groups excluding carboxylic acids is 1. The summed E-state index contributed by atoms with van der Waals surface area (Å²) < 4.78 is 22.4. The van der Waals surface area contributed by atoms with E-state index in [0.29, 0.717) is 12.8 Å². The molecule has 0 saturated heterocycles. The predicted octanol–water partition coefficient (Wildman–Crippen LogP) is 1.32. The van der Waals surface area contributed by atoms with Crippen LogP contribution in [-0.2, 0) is 10.0 Å². The highest BCUT2D eigenvalue weighted by Crippen LogP contribution is 2.16. The lowest BCUT2D eigenvalue weighted by Crippen LogP contribution is -2.16. The van der Waals surface area contributed by atoms with Gasteiger partial charge in [0.25, 0.3) is 0 Å². The highest BCUT2D eigenvalue weighted by atomic mass is 32.2. The van der Waals surface area contributed by atoms with Crippen LogP contribution in [0, 0.1) is 0 Å². The Bertz CT molecular complexity index is 465. The van der Waals surface area contributed by atoms with Crippen LogP contribution >= 0.6 is 0 Å². The predicted molar refractivity (Wildman–Crippen MR) is 57.1 cm³/mol. The first kappa shape index (κ1) is 11.9. The van der Waals surface area contributed by atoms with Gasteiger partial charge in [-0.15, -0.1) is 0 Å². The van der Waals surface area contributed by atoms with Gasteiger partial charge in [0, 0.05) is 12.0 Å². The van der Waals surface area contributed by atoms with E-state index in [1.807, 2.05) is 6.92 Å². The topological polar surface area (TPSA) is 77.2 Å². The van der Waals surface area contributed by atoms with Crippen LogP contribution in [-0.4, -0.2) is 14.2 Å². The minimum Gasteiger partial charge on any atom is -0.294 e. The molecular formula is C10H13NO3S. The molecule has 1 aromatic rings. The molecule has 0 aromatic heterocycles. The maximum absolute atomic E-state index is 11.6. The maximum Gasteiger partial charge on any atom is 0.238 e. The van der Waals surface area contributed by atoms with Crippen molar-refractivity contribution >= 4 is 15.8 Å². The summed E-state index contributed by atoms with van der Waals surface area (Å²) in [5, 5.41) is 5.01. The molecule has 0 radical (unpaired) electrons. The molecule has 4 nitrogen and oxygen atoms in total. The first-order valence-corrected chi connectivity index (χ1v) is 6.16. The van der Waals surface area contributed by atoms with Crippen LogP contribution in [0.15, 0.2) is 29.2 Å². The molecule has 0 atom stereocenters. The van der Waals surface area contributed by atoms with Gasteiger partial charge in [0.05, 0.1) is 4.90 Å². The Labute approximate surface area is 89.2 Å². The summed E-state index contributed by atoms with van der Waals surface area (Å²) in [7, 11) is -3.82. The molecule has 0 aliphatic carbocycles. The quantitative estimate of drug-likeness (QED) is 0.788. The fraction of sp³-hybridized carbons (Fsp3) is 0.300.